The quantitative estimate of drug-likeness (QED) is 0.359. The molecule has 1 aromatic heterocycles. The van der Waals surface area contributed by atoms with Gasteiger partial charge in [0.1, 0.15) is 16.7 Å². The monoisotopic (exact) mass is 414 g/mol. The number of rotatable bonds is 3. The molecule has 2 amide bonds. The second-order valence-corrected chi connectivity index (χ2v) is 6.96. The van der Waals surface area contributed by atoms with E-state index in [-0.39, 0.29) is 10.7 Å². The summed E-state index contributed by atoms with van der Waals surface area (Å²) in [5, 5.41) is 12.6. The lowest BCUT2D eigenvalue weighted by atomic mass is 10.1. The fraction of sp³-hybridized carbons (Fsp3) is 0.0556. The van der Waals surface area contributed by atoms with Gasteiger partial charge < -0.3 is 0 Å². The summed E-state index contributed by atoms with van der Waals surface area (Å²) in [5.41, 5.74) is 1.19. The zero-order valence-corrected chi connectivity index (χ0v) is 16.3. The van der Waals surface area contributed by atoms with Crippen molar-refractivity contribution >= 4 is 64.3 Å². The van der Waals surface area contributed by atoms with Gasteiger partial charge in [-0.1, -0.05) is 11.6 Å². The molecule has 27 heavy (non-hydrogen) atoms. The third-order valence-electron chi connectivity index (χ3n) is 3.67. The molecule has 2 aromatic rings. The van der Waals surface area contributed by atoms with Crippen LogP contribution >= 0.6 is 35.6 Å². The number of nitrogens with one attached hydrogen (secondary N) is 1. The molecule has 0 aliphatic carbocycles. The Morgan fingerprint density at radius 1 is 1.26 bits per heavy atom. The normalized spacial score (nSPS) is 15.7. The van der Waals surface area contributed by atoms with Crippen LogP contribution in [0.25, 0.3) is 6.08 Å². The van der Waals surface area contributed by atoms with Crippen LogP contribution in [-0.4, -0.2) is 28.2 Å². The average Bonchev–Trinajstić information content (AvgIpc) is 2.66. The molecule has 3 rings (SSSR count). The van der Waals surface area contributed by atoms with E-state index < -0.39 is 11.8 Å². The molecule has 134 valence electrons. The van der Waals surface area contributed by atoms with Crippen molar-refractivity contribution in [3.8, 4) is 6.07 Å². The molecular formula is C18H11ClN4O2S2. The molecule has 1 aromatic carbocycles. The van der Waals surface area contributed by atoms with Crippen LogP contribution in [0.15, 0.2) is 47.0 Å². The van der Waals surface area contributed by atoms with Crippen molar-refractivity contribution < 1.29 is 9.59 Å². The summed E-state index contributed by atoms with van der Waals surface area (Å²) in [4.78, 5) is 30.7. The highest BCUT2D eigenvalue weighted by Gasteiger charge is 2.34. The van der Waals surface area contributed by atoms with Crippen LogP contribution in [0.3, 0.4) is 0 Å². The molecule has 1 N–H and O–H groups in total. The van der Waals surface area contributed by atoms with Crippen molar-refractivity contribution in [3.05, 3.63) is 58.3 Å². The predicted molar refractivity (Wildman–Crippen MR) is 108 cm³/mol. The lowest BCUT2D eigenvalue weighted by Crippen LogP contribution is -2.54. The topological polar surface area (TPSA) is 86.1 Å². The number of anilines is 1. The summed E-state index contributed by atoms with van der Waals surface area (Å²) >= 11 is 12.3. The summed E-state index contributed by atoms with van der Waals surface area (Å²) in [6, 6.07) is 11.7. The predicted octanol–water partition coefficient (Wildman–Crippen LogP) is 3.16. The number of amides is 2. The fourth-order valence-electron chi connectivity index (χ4n) is 2.41. The molecule has 1 saturated heterocycles. The molecule has 6 nitrogen and oxygen atoms in total. The van der Waals surface area contributed by atoms with Gasteiger partial charge in [0.15, 0.2) is 5.11 Å². The Kier molecular flexibility index (Phi) is 5.56. The highest BCUT2D eigenvalue weighted by molar-refractivity contribution is 7.98. The Labute approximate surface area is 169 Å². The highest BCUT2D eigenvalue weighted by atomic mass is 35.5. The van der Waals surface area contributed by atoms with Crippen LogP contribution in [0.2, 0.25) is 5.02 Å². The van der Waals surface area contributed by atoms with Crippen molar-refractivity contribution in [1.82, 2.24) is 10.3 Å². The zero-order valence-electron chi connectivity index (χ0n) is 13.9. The number of hydrogen-bond acceptors (Lipinski definition) is 6. The number of nitriles is 1. The first-order valence-corrected chi connectivity index (χ1v) is 9.58. The second kappa shape index (κ2) is 7.88. The van der Waals surface area contributed by atoms with Gasteiger partial charge in [0.05, 0.1) is 16.9 Å². The summed E-state index contributed by atoms with van der Waals surface area (Å²) in [6.45, 7) is 0. The van der Waals surface area contributed by atoms with E-state index in [0.717, 1.165) is 0 Å². The summed E-state index contributed by atoms with van der Waals surface area (Å²) in [5.74, 6) is -1.17. The average molecular weight is 415 g/mol. The minimum absolute atomic E-state index is 0.0120. The van der Waals surface area contributed by atoms with Crippen molar-refractivity contribution in [3.63, 3.8) is 0 Å². The van der Waals surface area contributed by atoms with Crippen LogP contribution in [-0.2, 0) is 9.59 Å². The molecule has 1 aliphatic heterocycles. The molecule has 0 bridgehead atoms. The summed E-state index contributed by atoms with van der Waals surface area (Å²) < 4.78 is 0. The molecule has 0 saturated carbocycles. The second-order valence-electron chi connectivity index (χ2n) is 5.34. The van der Waals surface area contributed by atoms with E-state index in [2.05, 4.69) is 10.3 Å². The van der Waals surface area contributed by atoms with Gasteiger partial charge in [0.2, 0.25) is 0 Å². The van der Waals surface area contributed by atoms with E-state index >= 15 is 0 Å². The van der Waals surface area contributed by atoms with E-state index in [9.17, 15) is 9.59 Å². The number of carbonyl (C=O) groups excluding carboxylic acids is 2. The van der Waals surface area contributed by atoms with E-state index in [0.29, 0.717) is 27.0 Å². The molecule has 9 heteroatoms. The van der Waals surface area contributed by atoms with E-state index in [1.54, 1.807) is 42.7 Å². The van der Waals surface area contributed by atoms with Gasteiger partial charge >= 0.3 is 0 Å². The van der Waals surface area contributed by atoms with Crippen molar-refractivity contribution in [1.29, 1.82) is 5.26 Å². The maximum atomic E-state index is 12.9. The smallest absolute Gasteiger partial charge is 0.270 e. The number of thiocarbonyl (C=S) groups is 1. The number of aromatic nitrogens is 1. The minimum Gasteiger partial charge on any atom is -0.298 e. The molecule has 0 spiro atoms. The molecule has 0 unspecified atom stereocenters. The van der Waals surface area contributed by atoms with Gasteiger partial charge in [0.25, 0.3) is 11.8 Å². The van der Waals surface area contributed by atoms with E-state index in [4.69, 9.17) is 29.1 Å². The Bertz CT molecular complexity index is 1030. The molecule has 1 fully saturated rings. The van der Waals surface area contributed by atoms with Crippen LogP contribution in [0.4, 0.5) is 5.69 Å². The van der Waals surface area contributed by atoms with Crippen LogP contribution in [0, 0.1) is 11.3 Å². The van der Waals surface area contributed by atoms with Gasteiger partial charge in [0, 0.05) is 5.02 Å². The van der Waals surface area contributed by atoms with Gasteiger partial charge in [-0.3, -0.25) is 19.8 Å². The number of nitrogens with zero attached hydrogens (tertiary/aromatic N) is 3. The minimum atomic E-state index is -0.605. The van der Waals surface area contributed by atoms with E-state index in [1.165, 1.54) is 22.7 Å². The molecule has 2 heterocycles. The highest BCUT2D eigenvalue weighted by Crippen LogP contribution is 2.24. The van der Waals surface area contributed by atoms with Crippen molar-refractivity contribution in [2.24, 2.45) is 0 Å². The molecule has 1 aliphatic rings. The number of pyridine rings is 1. The van der Waals surface area contributed by atoms with Crippen molar-refractivity contribution in [2.75, 3.05) is 11.2 Å². The first kappa shape index (κ1) is 19.0. The number of halogens is 1. The van der Waals surface area contributed by atoms with Crippen LogP contribution in [0.1, 0.15) is 11.3 Å². The molecule has 0 atom stereocenters. The van der Waals surface area contributed by atoms with Gasteiger partial charge in [-0.15, -0.1) is 11.8 Å². The third-order valence-corrected chi connectivity index (χ3v) is 4.91. The standard InChI is InChI=1S/C18H11ClN4O2S2/c1-27-16-10(9-20)2-5-12(21-16)8-14-15(24)22-18(26)23(17(14)25)13-6-3-11(19)4-7-13/h2-8H,1H3,(H,22,24,26). The Balaban J connectivity index is 2.02. The Morgan fingerprint density at radius 3 is 2.59 bits per heavy atom. The number of thioether (sulfide) groups is 1. The maximum absolute atomic E-state index is 12.9. The van der Waals surface area contributed by atoms with Crippen molar-refractivity contribution in [2.45, 2.75) is 5.03 Å². The largest absolute Gasteiger partial charge is 0.298 e. The van der Waals surface area contributed by atoms with Gasteiger partial charge in [-0.2, -0.15) is 5.26 Å². The number of benzene rings is 1. The zero-order chi connectivity index (χ0) is 19.6. The van der Waals surface area contributed by atoms with Gasteiger partial charge in [-0.05, 0) is 60.9 Å². The van der Waals surface area contributed by atoms with Gasteiger partial charge in [-0.25, -0.2) is 4.98 Å². The molecular weight excluding hydrogens is 404 g/mol. The third kappa shape index (κ3) is 3.85. The fourth-order valence-corrected chi connectivity index (χ4v) is 3.34. The molecule has 0 radical (unpaired) electrons. The maximum Gasteiger partial charge on any atom is 0.270 e. The lowest BCUT2D eigenvalue weighted by molar-refractivity contribution is -0.122. The summed E-state index contributed by atoms with van der Waals surface area (Å²) in [7, 11) is 0. The first-order chi connectivity index (χ1) is 12.9. The Hall–Kier alpha value is -2.73. The van der Waals surface area contributed by atoms with Crippen LogP contribution in [0.5, 0.6) is 0 Å². The lowest BCUT2D eigenvalue weighted by Gasteiger charge is -2.28. The van der Waals surface area contributed by atoms with Crippen LogP contribution < -0.4 is 10.2 Å². The van der Waals surface area contributed by atoms with E-state index in [1.807, 2.05) is 6.07 Å². The SMILES string of the molecule is CSc1nc(C=C2C(=O)NC(=S)N(c3ccc(Cl)cc3)C2=O)ccc1C#N. The Morgan fingerprint density at radius 2 is 1.96 bits per heavy atom. The number of carbonyl (C=O) groups is 2. The number of hydrogen-bond donors (Lipinski definition) is 1. The first-order valence-electron chi connectivity index (χ1n) is 7.56. The summed E-state index contributed by atoms with van der Waals surface area (Å²) in [6.07, 6.45) is 3.17.